The van der Waals surface area contributed by atoms with Crippen molar-refractivity contribution < 1.29 is 4.79 Å². The van der Waals surface area contributed by atoms with Gasteiger partial charge in [-0.3, -0.25) is 10.2 Å². The van der Waals surface area contributed by atoms with E-state index in [0.717, 1.165) is 6.42 Å². The smallest absolute Gasteiger partial charge is 0.236 e. The Morgan fingerprint density at radius 3 is 2.50 bits per heavy atom. The summed E-state index contributed by atoms with van der Waals surface area (Å²) in [6.07, 6.45) is 1.43. The van der Waals surface area contributed by atoms with Crippen LogP contribution < -0.4 is 10.9 Å². The van der Waals surface area contributed by atoms with Crippen molar-refractivity contribution in [1.82, 2.24) is 10.9 Å². The molecule has 3 nitrogen and oxygen atoms in total. The highest BCUT2D eigenvalue weighted by molar-refractivity contribution is 5.79. The van der Waals surface area contributed by atoms with Gasteiger partial charge >= 0.3 is 0 Å². The Morgan fingerprint density at radius 2 is 2.00 bits per heavy atom. The second-order valence-electron chi connectivity index (χ2n) is 4.82. The van der Waals surface area contributed by atoms with E-state index in [0.29, 0.717) is 12.3 Å². The fourth-order valence-electron chi connectivity index (χ4n) is 2.19. The molecule has 1 aromatic rings. The van der Waals surface area contributed by atoms with E-state index in [2.05, 4.69) is 36.8 Å². The Labute approximate surface area is 96.2 Å². The van der Waals surface area contributed by atoms with Crippen LogP contribution in [0, 0.1) is 5.92 Å². The van der Waals surface area contributed by atoms with Gasteiger partial charge in [-0.15, -0.1) is 0 Å². The van der Waals surface area contributed by atoms with Crippen LogP contribution in [-0.2, 0) is 11.2 Å². The first-order valence-electron chi connectivity index (χ1n) is 5.72. The summed E-state index contributed by atoms with van der Waals surface area (Å²) in [5, 5.41) is 0. The van der Waals surface area contributed by atoms with Crippen molar-refractivity contribution in [2.45, 2.75) is 32.2 Å². The molecule has 0 spiro atoms. The van der Waals surface area contributed by atoms with Gasteiger partial charge in [-0.1, -0.05) is 44.2 Å². The summed E-state index contributed by atoms with van der Waals surface area (Å²) in [7, 11) is 0. The van der Waals surface area contributed by atoms with Crippen LogP contribution in [0.5, 0.6) is 0 Å². The molecule has 1 aliphatic heterocycles. The fourth-order valence-corrected chi connectivity index (χ4v) is 2.19. The topological polar surface area (TPSA) is 41.1 Å². The van der Waals surface area contributed by atoms with Gasteiger partial charge in [0.15, 0.2) is 0 Å². The Bertz CT molecular complexity index is 375. The molecule has 1 aliphatic rings. The maximum absolute atomic E-state index is 11.4. The number of hydrogen-bond donors (Lipinski definition) is 2. The lowest BCUT2D eigenvalue weighted by atomic mass is 9.79. The minimum absolute atomic E-state index is 0.0876. The van der Waals surface area contributed by atoms with Crippen molar-refractivity contribution in [2.24, 2.45) is 5.92 Å². The zero-order chi connectivity index (χ0) is 11.6. The number of benzene rings is 1. The van der Waals surface area contributed by atoms with Crippen LogP contribution in [0.3, 0.4) is 0 Å². The van der Waals surface area contributed by atoms with Gasteiger partial charge in [0, 0.05) is 6.42 Å². The summed E-state index contributed by atoms with van der Waals surface area (Å²) in [4.78, 5) is 11.4. The summed E-state index contributed by atoms with van der Waals surface area (Å²) < 4.78 is 0. The van der Waals surface area contributed by atoms with E-state index in [1.54, 1.807) is 0 Å². The summed E-state index contributed by atoms with van der Waals surface area (Å²) >= 11 is 0. The molecule has 0 radical (unpaired) electrons. The second-order valence-corrected chi connectivity index (χ2v) is 4.82. The number of carbonyl (C=O) groups is 1. The zero-order valence-electron chi connectivity index (χ0n) is 9.79. The molecule has 3 heteroatoms. The van der Waals surface area contributed by atoms with Gasteiger partial charge in [-0.2, -0.15) is 0 Å². The van der Waals surface area contributed by atoms with E-state index in [-0.39, 0.29) is 11.4 Å². The maximum atomic E-state index is 11.4. The molecule has 1 fully saturated rings. The number of rotatable bonds is 3. The molecule has 2 rings (SSSR count). The lowest BCUT2D eigenvalue weighted by Gasteiger charge is -2.32. The van der Waals surface area contributed by atoms with Crippen LogP contribution in [0.2, 0.25) is 0 Å². The molecule has 0 aromatic heterocycles. The van der Waals surface area contributed by atoms with E-state index in [9.17, 15) is 4.79 Å². The Balaban J connectivity index is 2.19. The normalized spacial score (nSPS) is 24.8. The summed E-state index contributed by atoms with van der Waals surface area (Å²) in [6, 6.07) is 10.3. The Hall–Kier alpha value is -1.35. The van der Waals surface area contributed by atoms with E-state index in [1.807, 2.05) is 18.2 Å². The van der Waals surface area contributed by atoms with E-state index in [4.69, 9.17) is 0 Å². The van der Waals surface area contributed by atoms with Gasteiger partial charge in [-0.25, -0.2) is 5.43 Å². The second kappa shape index (κ2) is 4.26. The first kappa shape index (κ1) is 11.1. The lowest BCUT2D eigenvalue weighted by molar-refractivity contribution is -0.119. The molecule has 1 heterocycles. The number of amides is 1. The fraction of sp³-hybridized carbons (Fsp3) is 0.462. The number of hydrazine groups is 1. The van der Waals surface area contributed by atoms with Crippen LogP contribution in [-0.4, -0.2) is 11.4 Å². The summed E-state index contributed by atoms with van der Waals surface area (Å²) in [6.45, 7) is 4.30. The lowest BCUT2D eigenvalue weighted by Crippen LogP contribution is -2.49. The molecular formula is C13H18N2O. The van der Waals surface area contributed by atoms with Crippen molar-refractivity contribution in [3.05, 3.63) is 35.9 Å². The van der Waals surface area contributed by atoms with Crippen molar-refractivity contribution in [3.8, 4) is 0 Å². The number of hydrogen-bond acceptors (Lipinski definition) is 2. The predicted molar refractivity (Wildman–Crippen MR) is 63.6 cm³/mol. The van der Waals surface area contributed by atoms with Crippen molar-refractivity contribution >= 4 is 5.91 Å². The van der Waals surface area contributed by atoms with Gasteiger partial charge in [-0.05, 0) is 17.9 Å². The highest BCUT2D eigenvalue weighted by Crippen LogP contribution is 2.28. The number of nitrogens with one attached hydrogen (secondary N) is 2. The quantitative estimate of drug-likeness (QED) is 0.810. The molecule has 0 bridgehead atoms. The van der Waals surface area contributed by atoms with Gasteiger partial charge in [0.2, 0.25) is 5.91 Å². The first-order valence-corrected chi connectivity index (χ1v) is 5.72. The van der Waals surface area contributed by atoms with Crippen molar-refractivity contribution in [1.29, 1.82) is 0 Å². The van der Waals surface area contributed by atoms with Gasteiger partial charge in [0.25, 0.3) is 0 Å². The third kappa shape index (κ3) is 2.09. The Morgan fingerprint density at radius 1 is 1.31 bits per heavy atom. The highest BCUT2D eigenvalue weighted by Gasteiger charge is 2.40. The third-order valence-corrected chi connectivity index (χ3v) is 3.39. The van der Waals surface area contributed by atoms with Crippen LogP contribution in [0.15, 0.2) is 30.3 Å². The molecule has 2 N–H and O–H groups in total. The molecule has 1 atom stereocenters. The highest BCUT2D eigenvalue weighted by atomic mass is 16.2. The molecule has 1 saturated heterocycles. The first-order chi connectivity index (χ1) is 7.62. The molecule has 1 amide bonds. The van der Waals surface area contributed by atoms with E-state index in [1.165, 1.54) is 5.56 Å². The minimum Gasteiger partial charge on any atom is -0.291 e. The standard InChI is InChI=1S/C13H18N2O/c1-10(2)13(9-12(16)14-15-13)8-11-6-4-3-5-7-11/h3-7,10,15H,8-9H2,1-2H3,(H,14,16). The molecule has 1 aromatic carbocycles. The molecular weight excluding hydrogens is 200 g/mol. The SMILES string of the molecule is CC(C)C1(Cc2ccccc2)CC(=O)NN1. The van der Waals surface area contributed by atoms with Crippen molar-refractivity contribution in [3.63, 3.8) is 0 Å². The van der Waals surface area contributed by atoms with Crippen LogP contribution in [0.1, 0.15) is 25.8 Å². The monoisotopic (exact) mass is 218 g/mol. The largest absolute Gasteiger partial charge is 0.291 e. The van der Waals surface area contributed by atoms with Gasteiger partial charge < -0.3 is 0 Å². The molecule has 86 valence electrons. The van der Waals surface area contributed by atoms with Crippen LogP contribution in [0.4, 0.5) is 0 Å². The number of carbonyl (C=O) groups excluding carboxylic acids is 1. The van der Waals surface area contributed by atoms with Crippen LogP contribution in [0.25, 0.3) is 0 Å². The van der Waals surface area contributed by atoms with Crippen molar-refractivity contribution in [2.75, 3.05) is 0 Å². The average molecular weight is 218 g/mol. The summed E-state index contributed by atoms with van der Waals surface area (Å²) in [5.41, 5.74) is 7.01. The van der Waals surface area contributed by atoms with E-state index < -0.39 is 0 Å². The molecule has 1 unspecified atom stereocenters. The van der Waals surface area contributed by atoms with Gasteiger partial charge in [0.1, 0.15) is 0 Å². The van der Waals surface area contributed by atoms with Gasteiger partial charge in [0.05, 0.1) is 5.54 Å². The zero-order valence-corrected chi connectivity index (χ0v) is 9.79. The molecule has 0 saturated carbocycles. The van der Waals surface area contributed by atoms with Crippen LogP contribution >= 0.6 is 0 Å². The predicted octanol–water partition coefficient (Wildman–Crippen LogP) is 1.65. The van der Waals surface area contributed by atoms with E-state index >= 15 is 0 Å². The molecule has 16 heavy (non-hydrogen) atoms. The minimum atomic E-state index is -0.140. The summed E-state index contributed by atoms with van der Waals surface area (Å²) in [5.74, 6) is 0.497. The average Bonchev–Trinajstić information content (AvgIpc) is 2.63. The maximum Gasteiger partial charge on any atom is 0.236 e. The third-order valence-electron chi connectivity index (χ3n) is 3.39. The Kier molecular flexibility index (Phi) is 2.97. The molecule has 0 aliphatic carbocycles.